The molecular weight excluding hydrogens is 196 g/mol. The van der Waals surface area contributed by atoms with Crippen LogP contribution in [0.5, 0.6) is 0 Å². The molecule has 1 aliphatic rings. The van der Waals surface area contributed by atoms with Crippen molar-refractivity contribution in [3.05, 3.63) is 0 Å². The Hall–Kier alpha value is -0.0400. The molecule has 0 aromatic rings. The summed E-state index contributed by atoms with van der Waals surface area (Å²) in [5.74, 6) is 0.846. The number of unbranched alkanes of at least 4 members (excludes halogenated alkanes) is 5. The molecule has 0 bridgehead atoms. The normalized spacial score (nSPS) is 25.0. The predicted molar refractivity (Wildman–Crippen MR) is 60.5 cm³/mol. The Bertz CT molecular complexity index is 179. The molecule has 82 valence electrons. The quantitative estimate of drug-likeness (QED) is 0.440. The third kappa shape index (κ3) is 4.45. The van der Waals surface area contributed by atoms with Crippen molar-refractivity contribution >= 4 is 16.8 Å². The minimum absolute atomic E-state index is 0.110. The fourth-order valence-corrected chi connectivity index (χ4v) is 2.30. The number of carbonyl (C=O) groups is 1. The lowest BCUT2D eigenvalue weighted by Gasteiger charge is -1.99. The van der Waals surface area contributed by atoms with Crippen molar-refractivity contribution in [1.82, 2.24) is 0 Å². The van der Waals surface area contributed by atoms with Gasteiger partial charge in [0, 0.05) is 5.92 Å². The van der Waals surface area contributed by atoms with Gasteiger partial charge in [0.1, 0.15) is 0 Å². The number of hydrogen-bond donors (Lipinski definition) is 0. The molecule has 0 aromatic carbocycles. The molecule has 0 radical (unpaired) electrons. The lowest BCUT2D eigenvalue weighted by Crippen LogP contribution is -1.92. The van der Waals surface area contributed by atoms with Gasteiger partial charge < -0.3 is 0 Å². The predicted octanol–water partition coefficient (Wildman–Crippen LogP) is 4.14. The van der Waals surface area contributed by atoms with Gasteiger partial charge in [0.2, 0.25) is 5.24 Å². The molecule has 0 N–H and O–H groups in total. The molecule has 0 spiro atoms. The van der Waals surface area contributed by atoms with Crippen LogP contribution in [0.1, 0.15) is 58.3 Å². The molecule has 0 heterocycles. The second kappa shape index (κ2) is 6.44. The molecule has 1 nitrogen and oxygen atoms in total. The van der Waals surface area contributed by atoms with E-state index in [1.54, 1.807) is 0 Å². The van der Waals surface area contributed by atoms with Crippen LogP contribution in [0.4, 0.5) is 0 Å². The molecular formula is C12H21ClO. The molecule has 1 saturated carbocycles. The minimum atomic E-state index is -0.110. The summed E-state index contributed by atoms with van der Waals surface area (Å²) in [6.45, 7) is 2.24. The summed E-state index contributed by atoms with van der Waals surface area (Å²) in [6, 6.07) is 0. The highest BCUT2D eigenvalue weighted by molar-refractivity contribution is 6.64. The maximum absolute atomic E-state index is 10.8. The van der Waals surface area contributed by atoms with Gasteiger partial charge in [0.25, 0.3) is 0 Å². The molecule has 1 fully saturated rings. The van der Waals surface area contributed by atoms with Crippen molar-refractivity contribution in [2.75, 3.05) is 0 Å². The van der Waals surface area contributed by atoms with E-state index in [-0.39, 0.29) is 11.2 Å². The van der Waals surface area contributed by atoms with E-state index in [1.165, 1.54) is 44.9 Å². The molecule has 14 heavy (non-hydrogen) atoms. The molecule has 2 unspecified atom stereocenters. The molecule has 0 aliphatic heterocycles. The molecule has 1 aliphatic carbocycles. The lowest BCUT2D eigenvalue weighted by molar-refractivity contribution is -0.113. The first-order valence-electron chi connectivity index (χ1n) is 5.95. The van der Waals surface area contributed by atoms with Gasteiger partial charge in [-0.3, -0.25) is 4.79 Å². The summed E-state index contributed by atoms with van der Waals surface area (Å²) in [5, 5.41) is -0.110. The summed E-state index contributed by atoms with van der Waals surface area (Å²) in [5.41, 5.74) is 0. The average Bonchev–Trinajstić information content (AvgIpc) is 2.90. The van der Waals surface area contributed by atoms with E-state index in [4.69, 9.17) is 11.6 Å². The first-order valence-corrected chi connectivity index (χ1v) is 6.32. The van der Waals surface area contributed by atoms with Gasteiger partial charge in [0.05, 0.1) is 0 Å². The molecule has 0 aromatic heterocycles. The highest BCUT2D eigenvalue weighted by atomic mass is 35.5. The van der Waals surface area contributed by atoms with Crippen LogP contribution in [-0.4, -0.2) is 5.24 Å². The van der Waals surface area contributed by atoms with Gasteiger partial charge >= 0.3 is 0 Å². The average molecular weight is 217 g/mol. The highest BCUT2D eigenvalue weighted by Crippen LogP contribution is 2.43. The van der Waals surface area contributed by atoms with Crippen molar-refractivity contribution in [2.24, 2.45) is 11.8 Å². The Morgan fingerprint density at radius 3 is 2.43 bits per heavy atom. The van der Waals surface area contributed by atoms with E-state index in [2.05, 4.69) is 6.92 Å². The molecule has 0 saturated heterocycles. The topological polar surface area (TPSA) is 17.1 Å². The SMILES string of the molecule is CCCCCCCCC1CC1C(=O)Cl. The van der Waals surface area contributed by atoms with Crippen LogP contribution in [0.3, 0.4) is 0 Å². The van der Waals surface area contributed by atoms with E-state index < -0.39 is 0 Å². The van der Waals surface area contributed by atoms with E-state index in [0.717, 1.165) is 6.42 Å². The largest absolute Gasteiger partial charge is 0.281 e. The van der Waals surface area contributed by atoms with Gasteiger partial charge in [-0.25, -0.2) is 0 Å². The van der Waals surface area contributed by atoms with Crippen molar-refractivity contribution in [3.8, 4) is 0 Å². The number of carbonyl (C=O) groups excluding carboxylic acids is 1. The second-order valence-electron chi connectivity index (χ2n) is 4.46. The van der Waals surface area contributed by atoms with E-state index in [1.807, 2.05) is 0 Å². The highest BCUT2D eigenvalue weighted by Gasteiger charge is 2.40. The Kier molecular flexibility index (Phi) is 5.54. The monoisotopic (exact) mass is 216 g/mol. The number of rotatable bonds is 8. The van der Waals surface area contributed by atoms with Crippen molar-refractivity contribution in [2.45, 2.75) is 58.3 Å². The maximum Gasteiger partial charge on any atom is 0.225 e. The molecule has 2 atom stereocenters. The van der Waals surface area contributed by atoms with Crippen LogP contribution in [0.25, 0.3) is 0 Å². The fourth-order valence-electron chi connectivity index (χ4n) is 2.03. The summed E-state index contributed by atoms with van der Waals surface area (Å²) in [7, 11) is 0. The van der Waals surface area contributed by atoms with Crippen molar-refractivity contribution in [1.29, 1.82) is 0 Å². The Labute approximate surface area is 92.2 Å². The van der Waals surface area contributed by atoms with Crippen LogP contribution in [0.15, 0.2) is 0 Å². The van der Waals surface area contributed by atoms with Gasteiger partial charge in [-0.15, -0.1) is 0 Å². The van der Waals surface area contributed by atoms with Gasteiger partial charge in [0.15, 0.2) is 0 Å². The van der Waals surface area contributed by atoms with E-state index in [0.29, 0.717) is 5.92 Å². The standard InChI is InChI=1S/C12H21ClO/c1-2-3-4-5-6-7-8-10-9-11(10)12(13)14/h10-11H,2-9H2,1H3. The zero-order valence-corrected chi connectivity index (χ0v) is 9.85. The first-order chi connectivity index (χ1) is 6.75. The summed E-state index contributed by atoms with van der Waals surface area (Å²) >= 11 is 5.41. The summed E-state index contributed by atoms with van der Waals surface area (Å²) in [4.78, 5) is 10.8. The zero-order chi connectivity index (χ0) is 10.4. The molecule has 1 rings (SSSR count). The van der Waals surface area contributed by atoms with Crippen LogP contribution in [0.2, 0.25) is 0 Å². The molecule has 2 heteroatoms. The maximum atomic E-state index is 10.8. The van der Waals surface area contributed by atoms with Crippen LogP contribution >= 0.6 is 11.6 Å². The zero-order valence-electron chi connectivity index (χ0n) is 9.10. The second-order valence-corrected chi connectivity index (χ2v) is 4.84. The van der Waals surface area contributed by atoms with Crippen molar-refractivity contribution in [3.63, 3.8) is 0 Å². The van der Waals surface area contributed by atoms with Crippen LogP contribution in [-0.2, 0) is 4.79 Å². The lowest BCUT2D eigenvalue weighted by atomic mass is 10.1. The minimum Gasteiger partial charge on any atom is -0.281 e. The van der Waals surface area contributed by atoms with E-state index >= 15 is 0 Å². The smallest absolute Gasteiger partial charge is 0.225 e. The fraction of sp³-hybridized carbons (Fsp3) is 0.917. The Balaban J connectivity index is 1.84. The van der Waals surface area contributed by atoms with Crippen LogP contribution in [0, 0.1) is 11.8 Å². The van der Waals surface area contributed by atoms with Gasteiger partial charge in [-0.1, -0.05) is 45.4 Å². The molecule has 0 amide bonds. The Morgan fingerprint density at radius 1 is 1.21 bits per heavy atom. The van der Waals surface area contributed by atoms with Crippen LogP contribution < -0.4 is 0 Å². The Morgan fingerprint density at radius 2 is 1.86 bits per heavy atom. The number of halogens is 1. The first kappa shape index (κ1) is 12.0. The summed E-state index contributed by atoms with van der Waals surface area (Å²) < 4.78 is 0. The third-order valence-electron chi connectivity index (χ3n) is 3.14. The van der Waals surface area contributed by atoms with Gasteiger partial charge in [-0.2, -0.15) is 0 Å². The van der Waals surface area contributed by atoms with Crippen molar-refractivity contribution < 1.29 is 4.79 Å². The summed E-state index contributed by atoms with van der Waals surface area (Å²) in [6.07, 6.45) is 10.3. The number of hydrogen-bond acceptors (Lipinski definition) is 1. The third-order valence-corrected chi connectivity index (χ3v) is 3.42. The van der Waals surface area contributed by atoms with E-state index in [9.17, 15) is 4.79 Å². The van der Waals surface area contributed by atoms with Gasteiger partial charge in [-0.05, 0) is 30.4 Å².